The molecule has 1 aliphatic rings. The van der Waals surface area contributed by atoms with Crippen LogP contribution in [0.5, 0.6) is 0 Å². The quantitative estimate of drug-likeness (QED) is 0.912. The summed E-state index contributed by atoms with van der Waals surface area (Å²) < 4.78 is 13.4. The van der Waals surface area contributed by atoms with Crippen molar-refractivity contribution in [1.82, 2.24) is 4.90 Å². The minimum atomic E-state index is -0.929. The van der Waals surface area contributed by atoms with Gasteiger partial charge in [0, 0.05) is 25.7 Å². The Kier molecular flexibility index (Phi) is 7.96. The van der Waals surface area contributed by atoms with Crippen LogP contribution in [-0.2, 0) is 6.54 Å². The fourth-order valence-electron chi connectivity index (χ4n) is 2.07. The molecule has 0 amide bonds. The zero-order chi connectivity index (χ0) is 12.3. The van der Waals surface area contributed by atoms with Crippen molar-refractivity contribution in [3.8, 4) is 6.07 Å². The van der Waals surface area contributed by atoms with Gasteiger partial charge in [-0.3, -0.25) is 4.90 Å². The van der Waals surface area contributed by atoms with Crippen LogP contribution in [0, 0.1) is 11.3 Å². The highest BCUT2D eigenvalue weighted by Crippen LogP contribution is 2.15. The molecular weight excluding hydrogens is 288 g/mol. The van der Waals surface area contributed by atoms with Crippen LogP contribution in [0.3, 0.4) is 0 Å². The monoisotopic (exact) mass is 305 g/mol. The molecule has 19 heavy (non-hydrogen) atoms. The molecule has 0 saturated carbocycles. The molecule has 106 valence electrons. The first-order valence-corrected chi connectivity index (χ1v) is 5.80. The minimum absolute atomic E-state index is 0. The molecule has 1 fully saturated rings. The van der Waals surface area contributed by atoms with Gasteiger partial charge in [-0.2, -0.15) is 5.26 Å². The number of hydrogen-bond donors (Lipinski definition) is 1. The topological polar surface area (TPSA) is 53.0 Å². The Balaban J connectivity index is 0.00000162. The molecule has 3 nitrogen and oxygen atoms in total. The van der Waals surface area contributed by atoms with Gasteiger partial charge in [0.15, 0.2) is 0 Å². The lowest BCUT2D eigenvalue weighted by atomic mass is 10.0. The fraction of sp³-hybridized carbons (Fsp3) is 0.462. The molecule has 1 aromatic rings. The summed E-state index contributed by atoms with van der Waals surface area (Å²) in [6.45, 7) is 1.96. The third-order valence-electron chi connectivity index (χ3n) is 3.17. The summed E-state index contributed by atoms with van der Waals surface area (Å²) in [5, 5.41) is 8.69. The first-order valence-electron chi connectivity index (χ1n) is 5.80. The van der Waals surface area contributed by atoms with E-state index in [4.69, 9.17) is 11.0 Å². The van der Waals surface area contributed by atoms with Crippen LogP contribution in [0.1, 0.15) is 17.5 Å². The van der Waals surface area contributed by atoms with Crippen LogP contribution in [-0.4, -0.2) is 30.2 Å². The van der Waals surface area contributed by atoms with Gasteiger partial charge in [-0.25, -0.2) is 4.39 Å². The largest absolute Gasteiger partial charge is 0.325 e. The Bertz CT molecular complexity index is 419. The highest BCUT2D eigenvalue weighted by atomic mass is 35.5. The molecule has 0 unspecified atom stereocenters. The number of likely N-dealkylation sites (tertiary alicyclic amines) is 1. The van der Waals surface area contributed by atoms with Crippen molar-refractivity contribution >= 4 is 24.8 Å². The number of nitrogens with two attached hydrogens (primary N) is 1. The Hall–Kier alpha value is -0.860. The summed E-state index contributed by atoms with van der Waals surface area (Å²) in [4.78, 5) is 2.06. The molecule has 0 spiro atoms. The first kappa shape index (κ1) is 18.1. The Morgan fingerprint density at radius 2 is 1.95 bits per heavy atom. The summed E-state index contributed by atoms with van der Waals surface area (Å²) in [7, 11) is 0. The normalized spacial score (nSPS) is 22.8. The predicted molar refractivity (Wildman–Crippen MR) is 78.4 cm³/mol. The van der Waals surface area contributed by atoms with E-state index in [1.165, 1.54) is 0 Å². The second kappa shape index (κ2) is 8.34. The van der Waals surface area contributed by atoms with Gasteiger partial charge in [0.1, 0.15) is 6.17 Å². The van der Waals surface area contributed by atoms with E-state index >= 15 is 0 Å². The molecule has 0 radical (unpaired) electrons. The van der Waals surface area contributed by atoms with Crippen molar-refractivity contribution in [3.63, 3.8) is 0 Å². The van der Waals surface area contributed by atoms with Crippen molar-refractivity contribution in [1.29, 1.82) is 5.26 Å². The highest BCUT2D eigenvalue weighted by Gasteiger charge is 2.25. The van der Waals surface area contributed by atoms with Gasteiger partial charge in [-0.15, -0.1) is 24.8 Å². The third-order valence-corrected chi connectivity index (χ3v) is 3.17. The van der Waals surface area contributed by atoms with Crippen molar-refractivity contribution in [2.24, 2.45) is 5.73 Å². The van der Waals surface area contributed by atoms with Crippen molar-refractivity contribution in [2.45, 2.75) is 25.2 Å². The molecule has 2 rings (SSSR count). The molecule has 2 atom stereocenters. The molecule has 1 saturated heterocycles. The molecule has 1 aromatic carbocycles. The highest BCUT2D eigenvalue weighted by molar-refractivity contribution is 5.85. The summed E-state index contributed by atoms with van der Waals surface area (Å²) in [5.41, 5.74) is 7.39. The van der Waals surface area contributed by atoms with E-state index in [-0.39, 0.29) is 30.9 Å². The van der Waals surface area contributed by atoms with E-state index in [0.717, 1.165) is 18.7 Å². The summed E-state index contributed by atoms with van der Waals surface area (Å²) in [5.74, 6) is 0. The number of benzene rings is 1. The maximum Gasteiger partial charge on any atom is 0.128 e. The smallest absolute Gasteiger partial charge is 0.128 e. The number of nitriles is 1. The van der Waals surface area contributed by atoms with E-state index in [1.54, 1.807) is 12.1 Å². The molecule has 1 aliphatic heterocycles. The lowest BCUT2D eigenvalue weighted by molar-refractivity contribution is 0.114. The second-order valence-electron chi connectivity index (χ2n) is 4.51. The number of alkyl halides is 1. The van der Waals surface area contributed by atoms with E-state index in [2.05, 4.69) is 11.0 Å². The van der Waals surface area contributed by atoms with Crippen molar-refractivity contribution < 1.29 is 4.39 Å². The zero-order valence-electron chi connectivity index (χ0n) is 10.5. The van der Waals surface area contributed by atoms with Crippen molar-refractivity contribution in [3.05, 3.63) is 35.4 Å². The summed E-state index contributed by atoms with van der Waals surface area (Å²) in [6, 6.07) is 9.18. The fourth-order valence-corrected chi connectivity index (χ4v) is 2.07. The number of rotatable bonds is 2. The van der Waals surface area contributed by atoms with Gasteiger partial charge in [-0.05, 0) is 24.1 Å². The average molecular weight is 306 g/mol. The van der Waals surface area contributed by atoms with Crippen LogP contribution in [0.4, 0.5) is 4.39 Å². The number of nitrogens with zero attached hydrogens (tertiary/aromatic N) is 2. The van der Waals surface area contributed by atoms with Crippen molar-refractivity contribution in [2.75, 3.05) is 13.1 Å². The Labute approximate surface area is 125 Å². The maximum atomic E-state index is 13.4. The van der Waals surface area contributed by atoms with E-state index < -0.39 is 6.17 Å². The lowest BCUT2D eigenvalue weighted by Gasteiger charge is -2.32. The summed E-state index contributed by atoms with van der Waals surface area (Å²) >= 11 is 0. The lowest BCUT2D eigenvalue weighted by Crippen LogP contribution is -2.48. The van der Waals surface area contributed by atoms with Crippen LogP contribution < -0.4 is 5.73 Å². The van der Waals surface area contributed by atoms with Crippen LogP contribution >= 0.6 is 24.8 Å². The number of piperidine rings is 1. The van der Waals surface area contributed by atoms with Gasteiger partial charge < -0.3 is 5.73 Å². The van der Waals surface area contributed by atoms with Crippen LogP contribution in [0.25, 0.3) is 0 Å². The molecule has 0 bridgehead atoms. The SMILES string of the molecule is Cl.Cl.N#Cc1ccc(CN2CC[C@H](N)[C@@H](F)C2)cc1. The summed E-state index contributed by atoms with van der Waals surface area (Å²) in [6.07, 6.45) is -0.223. The minimum Gasteiger partial charge on any atom is -0.325 e. The molecule has 6 heteroatoms. The zero-order valence-corrected chi connectivity index (χ0v) is 12.1. The van der Waals surface area contributed by atoms with Gasteiger partial charge in [-0.1, -0.05) is 12.1 Å². The van der Waals surface area contributed by atoms with Gasteiger partial charge in [0.25, 0.3) is 0 Å². The van der Waals surface area contributed by atoms with Gasteiger partial charge in [0.05, 0.1) is 11.6 Å². The standard InChI is InChI=1S/C13H16FN3.2ClH/c14-12-9-17(6-5-13(12)16)8-11-3-1-10(7-15)2-4-11;;/h1-4,12-13H,5-6,8-9,16H2;2*1H/t12-,13-;;/m0../s1. The Morgan fingerprint density at radius 1 is 1.32 bits per heavy atom. The molecule has 0 aliphatic carbocycles. The Morgan fingerprint density at radius 3 is 2.47 bits per heavy atom. The second-order valence-corrected chi connectivity index (χ2v) is 4.51. The van der Waals surface area contributed by atoms with Crippen LogP contribution in [0.15, 0.2) is 24.3 Å². The van der Waals surface area contributed by atoms with Crippen LogP contribution in [0.2, 0.25) is 0 Å². The maximum absolute atomic E-state index is 13.4. The van der Waals surface area contributed by atoms with Gasteiger partial charge in [0.2, 0.25) is 0 Å². The molecular formula is C13H18Cl2FN3. The van der Waals surface area contributed by atoms with E-state index in [0.29, 0.717) is 18.5 Å². The van der Waals surface area contributed by atoms with E-state index in [1.807, 2.05) is 12.1 Å². The number of halogens is 3. The first-order chi connectivity index (χ1) is 8.19. The molecule has 0 aromatic heterocycles. The predicted octanol–water partition coefficient (Wildman–Crippen LogP) is 2.27. The van der Waals surface area contributed by atoms with Gasteiger partial charge >= 0.3 is 0 Å². The average Bonchev–Trinajstić information content (AvgIpc) is 2.35. The third kappa shape index (κ3) is 4.96. The molecule has 2 N–H and O–H groups in total. The number of hydrogen-bond acceptors (Lipinski definition) is 3. The van der Waals surface area contributed by atoms with E-state index in [9.17, 15) is 4.39 Å². The molecule has 1 heterocycles.